The molecule has 1 aliphatic carbocycles. The molecule has 1 fully saturated rings. The summed E-state index contributed by atoms with van der Waals surface area (Å²) in [5.74, 6) is 0.737. The Hall–Kier alpha value is 0.470. The van der Waals surface area contributed by atoms with Crippen LogP contribution in [0.1, 0.15) is 18.9 Å². The Morgan fingerprint density at radius 1 is 1.57 bits per heavy atom. The van der Waals surface area contributed by atoms with E-state index >= 15 is 0 Å². The summed E-state index contributed by atoms with van der Waals surface area (Å²) < 4.78 is 1.05. The summed E-state index contributed by atoms with van der Waals surface area (Å²) in [6.07, 6.45) is 1.24. The molecule has 0 amide bonds. The van der Waals surface area contributed by atoms with Crippen LogP contribution in [0.5, 0.6) is 0 Å². The molecule has 0 nitrogen and oxygen atoms in total. The van der Waals surface area contributed by atoms with Gasteiger partial charge in [0.25, 0.3) is 0 Å². The second-order valence-electron chi connectivity index (χ2n) is 4.10. The lowest BCUT2D eigenvalue weighted by molar-refractivity contribution is 0.710. The third-order valence-electron chi connectivity index (χ3n) is 3.14. The van der Waals surface area contributed by atoms with E-state index in [9.17, 15) is 0 Å². The van der Waals surface area contributed by atoms with Crippen LogP contribution in [0.2, 0.25) is 5.02 Å². The lowest BCUT2D eigenvalue weighted by Gasteiger charge is -2.13. The SMILES string of the molecule is CC1(c2ccc(Br)cc2Cl)CC1CBr. The van der Waals surface area contributed by atoms with Crippen LogP contribution in [-0.4, -0.2) is 5.33 Å². The Labute approximate surface area is 106 Å². The maximum absolute atomic E-state index is 6.23. The summed E-state index contributed by atoms with van der Waals surface area (Å²) in [4.78, 5) is 0. The number of hydrogen-bond acceptors (Lipinski definition) is 0. The molecule has 1 aliphatic rings. The third-order valence-corrected chi connectivity index (χ3v) is 4.73. The zero-order chi connectivity index (χ0) is 10.3. The minimum absolute atomic E-state index is 0.293. The molecule has 1 saturated carbocycles. The van der Waals surface area contributed by atoms with Crippen LogP contribution in [0, 0.1) is 5.92 Å². The summed E-state index contributed by atoms with van der Waals surface area (Å²) in [7, 11) is 0. The Kier molecular flexibility index (Phi) is 2.98. The van der Waals surface area contributed by atoms with Gasteiger partial charge in [-0.2, -0.15) is 0 Å². The lowest BCUT2D eigenvalue weighted by atomic mass is 9.96. The minimum atomic E-state index is 0.293. The lowest BCUT2D eigenvalue weighted by Crippen LogP contribution is -2.05. The van der Waals surface area contributed by atoms with Crippen molar-refractivity contribution in [1.29, 1.82) is 0 Å². The van der Waals surface area contributed by atoms with E-state index in [-0.39, 0.29) is 0 Å². The van der Waals surface area contributed by atoms with E-state index < -0.39 is 0 Å². The van der Waals surface area contributed by atoms with Crippen molar-refractivity contribution in [3.05, 3.63) is 33.3 Å². The van der Waals surface area contributed by atoms with E-state index in [4.69, 9.17) is 11.6 Å². The highest BCUT2D eigenvalue weighted by Crippen LogP contribution is 2.56. The van der Waals surface area contributed by atoms with Gasteiger partial charge in [0.1, 0.15) is 0 Å². The van der Waals surface area contributed by atoms with Crippen LogP contribution in [0.4, 0.5) is 0 Å². The molecule has 1 aromatic carbocycles. The van der Waals surface area contributed by atoms with E-state index in [0.717, 1.165) is 20.7 Å². The second-order valence-corrected chi connectivity index (χ2v) is 6.07. The molecule has 0 aromatic heterocycles. The van der Waals surface area contributed by atoms with Gasteiger partial charge in [-0.25, -0.2) is 0 Å². The summed E-state index contributed by atoms with van der Waals surface area (Å²) >= 11 is 13.2. The molecule has 0 radical (unpaired) electrons. The highest BCUT2D eigenvalue weighted by atomic mass is 79.9. The van der Waals surface area contributed by atoms with Gasteiger partial charge in [-0.1, -0.05) is 56.5 Å². The molecule has 0 heterocycles. The summed E-state index contributed by atoms with van der Waals surface area (Å²) in [6, 6.07) is 6.18. The van der Waals surface area contributed by atoms with E-state index in [1.54, 1.807) is 0 Å². The van der Waals surface area contributed by atoms with Gasteiger partial charge in [-0.3, -0.25) is 0 Å². The molecular weight excluding hydrogens is 327 g/mol. The maximum atomic E-state index is 6.23. The largest absolute Gasteiger partial charge is 0.0925 e. The molecule has 0 aliphatic heterocycles. The molecule has 1 aromatic rings. The summed E-state index contributed by atoms with van der Waals surface area (Å²) in [5.41, 5.74) is 1.58. The van der Waals surface area contributed by atoms with E-state index in [1.807, 2.05) is 6.07 Å². The van der Waals surface area contributed by atoms with Gasteiger partial charge >= 0.3 is 0 Å². The number of benzene rings is 1. The molecule has 14 heavy (non-hydrogen) atoms. The topological polar surface area (TPSA) is 0 Å². The van der Waals surface area contributed by atoms with E-state index in [1.165, 1.54) is 12.0 Å². The normalized spacial score (nSPS) is 30.4. The Bertz CT molecular complexity index is 364. The predicted molar refractivity (Wildman–Crippen MR) is 68.4 cm³/mol. The Morgan fingerprint density at radius 3 is 2.79 bits per heavy atom. The molecular formula is C11H11Br2Cl. The first kappa shape index (κ1) is 11.0. The fraction of sp³-hybridized carbons (Fsp3) is 0.455. The monoisotopic (exact) mass is 336 g/mol. The molecule has 3 heteroatoms. The van der Waals surface area contributed by atoms with Crippen molar-refractivity contribution in [1.82, 2.24) is 0 Å². The average Bonchev–Trinajstić information content (AvgIpc) is 2.77. The Balaban J connectivity index is 2.34. The molecule has 2 rings (SSSR count). The van der Waals surface area contributed by atoms with Gasteiger partial charge < -0.3 is 0 Å². The predicted octanol–water partition coefficient (Wildman–Crippen LogP) is 4.78. The van der Waals surface area contributed by atoms with Gasteiger partial charge in [0.2, 0.25) is 0 Å². The summed E-state index contributed by atoms with van der Waals surface area (Å²) in [6.45, 7) is 2.29. The van der Waals surface area contributed by atoms with Crippen molar-refractivity contribution in [3.8, 4) is 0 Å². The second kappa shape index (κ2) is 3.80. The first-order valence-electron chi connectivity index (χ1n) is 4.59. The van der Waals surface area contributed by atoms with Crippen molar-refractivity contribution in [2.45, 2.75) is 18.8 Å². The van der Waals surface area contributed by atoms with Gasteiger partial charge in [0, 0.05) is 14.8 Å². The molecule has 0 bridgehead atoms. The third kappa shape index (κ3) is 1.77. The zero-order valence-electron chi connectivity index (χ0n) is 7.86. The molecule has 0 spiro atoms. The van der Waals surface area contributed by atoms with Crippen molar-refractivity contribution in [2.75, 3.05) is 5.33 Å². The maximum Gasteiger partial charge on any atom is 0.0454 e. The van der Waals surface area contributed by atoms with Gasteiger partial charge in [0.05, 0.1) is 0 Å². The fourth-order valence-corrected chi connectivity index (χ4v) is 3.79. The smallest absolute Gasteiger partial charge is 0.0454 e. The van der Waals surface area contributed by atoms with Gasteiger partial charge in [-0.05, 0) is 35.4 Å². The highest BCUT2D eigenvalue weighted by molar-refractivity contribution is 9.10. The Morgan fingerprint density at radius 2 is 2.29 bits per heavy atom. The molecule has 0 saturated heterocycles. The van der Waals surface area contributed by atoms with Crippen LogP contribution in [-0.2, 0) is 5.41 Å². The van der Waals surface area contributed by atoms with E-state index in [0.29, 0.717) is 5.41 Å². The summed E-state index contributed by atoms with van der Waals surface area (Å²) in [5, 5.41) is 1.95. The van der Waals surface area contributed by atoms with Crippen LogP contribution < -0.4 is 0 Å². The quantitative estimate of drug-likeness (QED) is 0.681. The van der Waals surface area contributed by atoms with E-state index in [2.05, 4.69) is 50.9 Å². The first-order valence-corrected chi connectivity index (χ1v) is 6.88. The van der Waals surface area contributed by atoms with Crippen molar-refractivity contribution >= 4 is 43.5 Å². The standard InChI is InChI=1S/C11H11Br2Cl/c1-11(5-7(11)6-12)9-3-2-8(13)4-10(9)14/h2-4,7H,5-6H2,1H3. The molecule has 76 valence electrons. The number of rotatable bonds is 2. The molecule has 2 atom stereocenters. The number of alkyl halides is 1. The fourth-order valence-electron chi connectivity index (χ4n) is 1.96. The number of hydrogen-bond donors (Lipinski definition) is 0. The van der Waals surface area contributed by atoms with Crippen molar-refractivity contribution in [2.24, 2.45) is 5.92 Å². The average molecular weight is 338 g/mol. The minimum Gasteiger partial charge on any atom is -0.0925 e. The van der Waals surface area contributed by atoms with Crippen molar-refractivity contribution < 1.29 is 0 Å². The number of halogens is 3. The molecule has 2 unspecified atom stereocenters. The van der Waals surface area contributed by atoms with Crippen LogP contribution in [0.15, 0.2) is 22.7 Å². The van der Waals surface area contributed by atoms with Crippen molar-refractivity contribution in [3.63, 3.8) is 0 Å². The van der Waals surface area contributed by atoms with Crippen LogP contribution in [0.3, 0.4) is 0 Å². The van der Waals surface area contributed by atoms with Gasteiger partial charge in [-0.15, -0.1) is 0 Å². The molecule has 0 N–H and O–H groups in total. The highest BCUT2D eigenvalue weighted by Gasteiger charge is 2.51. The van der Waals surface area contributed by atoms with Gasteiger partial charge in [0.15, 0.2) is 0 Å². The first-order chi connectivity index (χ1) is 6.58. The van der Waals surface area contributed by atoms with Crippen LogP contribution >= 0.6 is 43.5 Å². The zero-order valence-corrected chi connectivity index (χ0v) is 11.8. The van der Waals surface area contributed by atoms with Crippen LogP contribution in [0.25, 0.3) is 0 Å².